The van der Waals surface area contributed by atoms with Crippen molar-refractivity contribution in [2.75, 3.05) is 18.8 Å². The number of aliphatic carboxylic acids is 2. The predicted octanol–water partition coefficient (Wildman–Crippen LogP) is -1.38. The Morgan fingerprint density at radius 1 is 0.718 bits per heavy atom. The van der Waals surface area contributed by atoms with Crippen LogP contribution >= 0.6 is 12.6 Å². The highest BCUT2D eigenvalue weighted by molar-refractivity contribution is 7.80. The fourth-order valence-electron chi connectivity index (χ4n) is 9.59. The van der Waals surface area contributed by atoms with E-state index in [1.807, 2.05) is 0 Å². The fraction of sp³-hybridized carbons (Fsp3) is 0.607. The zero-order valence-electron chi connectivity index (χ0n) is 49.1. The van der Waals surface area contributed by atoms with Gasteiger partial charge in [-0.2, -0.15) is 12.6 Å². The Labute approximate surface area is 498 Å². The summed E-state index contributed by atoms with van der Waals surface area (Å²) < 4.78 is 0. The molecule has 1 aromatic carbocycles. The summed E-state index contributed by atoms with van der Waals surface area (Å²) in [7, 11) is 0. The molecule has 3 aromatic rings. The number of nitrogens with two attached hydrogens (primary N) is 2. The number of aromatic nitrogens is 3. The lowest BCUT2D eigenvalue weighted by Gasteiger charge is -2.32. The quantitative estimate of drug-likeness (QED) is 0.0238. The van der Waals surface area contributed by atoms with Gasteiger partial charge in [0.25, 0.3) is 0 Å². The number of para-hydroxylation sites is 1. The Hall–Kier alpha value is -7.63. The molecule has 2 aromatic heterocycles. The van der Waals surface area contributed by atoms with Crippen LogP contribution in [0.3, 0.4) is 0 Å². The van der Waals surface area contributed by atoms with Crippen LogP contribution in [0.1, 0.15) is 111 Å². The maximum atomic E-state index is 14.6. The Bertz CT molecular complexity index is 2780. The fourth-order valence-corrected chi connectivity index (χ4v) is 9.84. The first-order valence-electron chi connectivity index (χ1n) is 28.7. The molecular formula is C56H86N14O14S. The van der Waals surface area contributed by atoms with Crippen molar-refractivity contribution in [1.82, 2.24) is 62.4 Å². The number of carboxylic acids is 2. The largest absolute Gasteiger partial charge is 0.481 e. The number of likely N-dealkylation sites (tertiary alicyclic amines) is 1. The van der Waals surface area contributed by atoms with E-state index in [9.17, 15) is 68.1 Å². The molecule has 4 rings (SSSR count). The SMILES string of the molecule is CC[C@H](C)[C@H](NC(=O)[C@@H](N)C(C)C)C(=O)N[C@@H](CC(=O)O)C(=O)N[C@H](C(=O)N1CCC[C@H]1C(=O)N[C@@H](CS)C(=O)N[C@@H](Cc1c[nH]c2ccccc12)C(=O)N[C@@H](CCCCN)C(=O)N[C@@H](CC(C)C)C(=O)N[C@@H](Cc1cnc[nH]1)C(=O)O)[C@@H](C)O. The number of fused-ring (bicyclic) bond motifs is 1. The van der Waals surface area contributed by atoms with Crippen LogP contribution in [0.2, 0.25) is 0 Å². The summed E-state index contributed by atoms with van der Waals surface area (Å²) in [5.74, 6) is -11.9. The van der Waals surface area contributed by atoms with Crippen LogP contribution in [0.4, 0.5) is 0 Å². The number of benzene rings is 1. The Balaban J connectivity index is 1.56. The minimum absolute atomic E-state index is 0.0371. The monoisotopic (exact) mass is 1210 g/mol. The number of thiol groups is 1. The van der Waals surface area contributed by atoms with Crippen LogP contribution in [0.5, 0.6) is 0 Å². The second kappa shape index (κ2) is 33.8. The molecule has 12 atom stereocenters. The normalized spacial score (nSPS) is 17.1. The van der Waals surface area contributed by atoms with Gasteiger partial charge in [-0.1, -0.05) is 66.2 Å². The van der Waals surface area contributed by atoms with Gasteiger partial charge in [0.2, 0.25) is 53.2 Å². The van der Waals surface area contributed by atoms with Crippen molar-refractivity contribution in [3.63, 3.8) is 0 Å². The van der Waals surface area contributed by atoms with Gasteiger partial charge in [0.05, 0.1) is 24.9 Å². The lowest BCUT2D eigenvalue weighted by Crippen LogP contribution is -2.62. The number of nitrogens with one attached hydrogen (secondary N) is 10. The first-order chi connectivity index (χ1) is 40.2. The van der Waals surface area contributed by atoms with Crippen molar-refractivity contribution in [2.45, 2.75) is 179 Å². The third-order valence-corrected chi connectivity index (χ3v) is 15.1. The van der Waals surface area contributed by atoms with Gasteiger partial charge in [-0.3, -0.25) is 47.9 Å². The molecular weight excluding hydrogens is 1120 g/mol. The molecule has 1 fully saturated rings. The summed E-state index contributed by atoms with van der Waals surface area (Å²) in [6.45, 7) is 11.8. The number of carbonyl (C=O) groups is 11. The summed E-state index contributed by atoms with van der Waals surface area (Å²) in [6, 6.07) is -6.72. The topological polar surface area (TPSA) is 444 Å². The van der Waals surface area contributed by atoms with Gasteiger partial charge >= 0.3 is 11.9 Å². The molecule has 0 saturated carbocycles. The average Bonchev–Trinajstić information content (AvgIpc) is 3.65. The van der Waals surface area contributed by atoms with Gasteiger partial charge < -0.3 is 84.2 Å². The molecule has 3 heterocycles. The van der Waals surface area contributed by atoms with E-state index < -0.39 is 144 Å². The van der Waals surface area contributed by atoms with Crippen LogP contribution in [0, 0.1) is 17.8 Å². The second-order valence-electron chi connectivity index (χ2n) is 22.3. The first kappa shape index (κ1) is 69.9. The van der Waals surface area contributed by atoms with Crippen molar-refractivity contribution in [1.29, 1.82) is 0 Å². The van der Waals surface area contributed by atoms with E-state index in [4.69, 9.17) is 11.5 Å². The number of rotatable bonds is 35. The predicted molar refractivity (Wildman–Crippen MR) is 315 cm³/mol. The molecule has 0 bridgehead atoms. The number of carbonyl (C=O) groups excluding carboxylic acids is 9. The molecule has 470 valence electrons. The van der Waals surface area contributed by atoms with Crippen LogP contribution < -0.4 is 54.0 Å². The number of aliphatic hydroxyl groups excluding tert-OH is 1. The number of H-pyrrole nitrogens is 2. The van der Waals surface area contributed by atoms with Crippen molar-refractivity contribution < 1.29 is 68.1 Å². The van der Waals surface area contributed by atoms with E-state index in [1.165, 1.54) is 19.4 Å². The standard InChI is InChI=1S/C56H86N14O14S/c1-8-30(6)45(68-53(80)44(58)29(4)5)54(81)65-39(23-43(72)73)50(77)69-46(31(7)71)55(82)70-19-13-17-42(70)52(79)67-41(26-85)51(78)64-38(21-32-24-60-35-15-10-9-14-34(32)35)49(76)62-36(16-11-12-18-57)47(74)63-37(20-28(2)3)48(75)66-40(56(83)84)22-33-25-59-27-61-33/h9-10,14-15,24-25,27-31,36-42,44-46,60,71,85H,8,11-13,16-23,26,57-58H2,1-7H3,(H,59,61)(H,62,76)(H,63,74)(H,64,78)(H,65,81)(H,66,75)(H,67,79)(H,68,80)(H,69,77)(H,72,73)(H,83,84)/t30-,31+,36-,37-,38-,39-,40-,41-,42-,44-,45-,46-/m0/s1. The minimum atomic E-state index is -1.81. The van der Waals surface area contributed by atoms with E-state index in [0.717, 1.165) is 4.90 Å². The maximum Gasteiger partial charge on any atom is 0.326 e. The summed E-state index contributed by atoms with van der Waals surface area (Å²) >= 11 is 4.35. The number of imidazole rings is 1. The highest BCUT2D eigenvalue weighted by Gasteiger charge is 2.42. The minimum Gasteiger partial charge on any atom is -0.481 e. The van der Waals surface area contributed by atoms with Crippen LogP contribution in [0.15, 0.2) is 43.0 Å². The second-order valence-corrected chi connectivity index (χ2v) is 22.7. The number of carboxylic acid groups (broad SMARTS) is 2. The number of nitrogens with zero attached hydrogens (tertiary/aromatic N) is 2. The van der Waals surface area contributed by atoms with E-state index in [2.05, 4.69) is 70.1 Å². The van der Waals surface area contributed by atoms with Crippen LogP contribution in [0.25, 0.3) is 10.9 Å². The van der Waals surface area contributed by atoms with Crippen LogP contribution in [-0.4, -0.2) is 186 Å². The van der Waals surface area contributed by atoms with Crippen molar-refractivity contribution in [2.24, 2.45) is 29.2 Å². The molecule has 9 amide bonds. The molecule has 0 unspecified atom stereocenters. The zero-order chi connectivity index (χ0) is 63.2. The number of aromatic amines is 2. The summed E-state index contributed by atoms with van der Waals surface area (Å²) in [4.78, 5) is 161. The Morgan fingerprint density at radius 3 is 1.92 bits per heavy atom. The molecule has 17 N–H and O–H groups in total. The molecule has 1 aliphatic heterocycles. The third-order valence-electron chi connectivity index (χ3n) is 14.8. The molecule has 1 saturated heterocycles. The first-order valence-corrected chi connectivity index (χ1v) is 29.3. The number of unbranched alkanes of at least 4 members (excludes halogenated alkanes) is 1. The van der Waals surface area contributed by atoms with Crippen molar-refractivity contribution in [3.05, 3.63) is 54.2 Å². The average molecular weight is 1210 g/mol. The Kier molecular flexibility index (Phi) is 27.7. The highest BCUT2D eigenvalue weighted by Crippen LogP contribution is 2.22. The summed E-state index contributed by atoms with van der Waals surface area (Å²) in [5, 5.41) is 51.9. The number of hydrogen-bond acceptors (Lipinski definition) is 16. The smallest absolute Gasteiger partial charge is 0.326 e. The van der Waals surface area contributed by atoms with Gasteiger partial charge in [0.15, 0.2) is 0 Å². The van der Waals surface area contributed by atoms with Gasteiger partial charge in [-0.15, -0.1) is 0 Å². The highest BCUT2D eigenvalue weighted by atomic mass is 32.1. The zero-order valence-corrected chi connectivity index (χ0v) is 50.0. The van der Waals surface area contributed by atoms with E-state index >= 15 is 0 Å². The Morgan fingerprint density at radius 2 is 1.32 bits per heavy atom. The van der Waals surface area contributed by atoms with Gasteiger partial charge in [0.1, 0.15) is 54.4 Å². The molecule has 28 nitrogen and oxygen atoms in total. The molecule has 0 aliphatic carbocycles. The van der Waals surface area contributed by atoms with E-state index in [-0.39, 0.29) is 69.2 Å². The number of hydrogen-bond donors (Lipinski definition) is 16. The lowest BCUT2D eigenvalue weighted by molar-refractivity contribution is -0.145. The third kappa shape index (κ3) is 20.8. The van der Waals surface area contributed by atoms with Gasteiger partial charge in [0, 0.05) is 54.1 Å². The van der Waals surface area contributed by atoms with Crippen molar-refractivity contribution in [3.8, 4) is 0 Å². The molecule has 0 spiro atoms. The summed E-state index contributed by atoms with van der Waals surface area (Å²) in [6.07, 6.45) is 3.19. The van der Waals surface area contributed by atoms with Gasteiger partial charge in [-0.05, 0) is 81.4 Å². The van der Waals surface area contributed by atoms with E-state index in [0.29, 0.717) is 41.4 Å². The van der Waals surface area contributed by atoms with E-state index in [1.54, 1.807) is 72.0 Å². The number of amides is 9. The maximum absolute atomic E-state index is 14.6. The molecule has 0 radical (unpaired) electrons. The molecule has 85 heavy (non-hydrogen) atoms. The molecule has 29 heteroatoms. The summed E-state index contributed by atoms with van der Waals surface area (Å²) in [5.41, 5.74) is 13.6. The lowest BCUT2D eigenvalue weighted by atomic mass is 9.96. The van der Waals surface area contributed by atoms with Crippen molar-refractivity contribution >= 4 is 88.6 Å². The molecule has 1 aliphatic rings. The van der Waals surface area contributed by atoms with Gasteiger partial charge in [-0.25, -0.2) is 9.78 Å². The number of aliphatic hydroxyl groups is 1. The van der Waals surface area contributed by atoms with Crippen LogP contribution in [-0.2, 0) is 65.6 Å².